The van der Waals surface area contributed by atoms with E-state index in [9.17, 15) is 0 Å². The molecule has 0 bridgehead atoms. The minimum absolute atomic E-state index is 0.340. The number of hydrogen-bond acceptors (Lipinski definition) is 5. The Kier molecular flexibility index (Phi) is 9.71. The normalized spacial score (nSPS) is 22.3. The van der Waals surface area contributed by atoms with Crippen LogP contribution in [0.2, 0.25) is 0 Å². The molecule has 0 aliphatic carbocycles. The quantitative estimate of drug-likeness (QED) is 0.604. The van der Waals surface area contributed by atoms with Crippen molar-refractivity contribution in [3.05, 3.63) is 0 Å². The first kappa shape index (κ1) is 21.1. The first-order chi connectivity index (χ1) is 12.0. The first-order valence-corrected chi connectivity index (χ1v) is 10.6. The van der Waals surface area contributed by atoms with Crippen LogP contribution in [0.1, 0.15) is 40.5 Å². The van der Waals surface area contributed by atoms with Gasteiger partial charge < -0.3 is 19.9 Å². The molecule has 2 aliphatic heterocycles. The smallest absolute Gasteiger partial charge is 0.0594 e. The first-order valence-electron chi connectivity index (χ1n) is 10.6. The molecule has 0 unspecified atom stereocenters. The molecule has 25 heavy (non-hydrogen) atoms. The summed E-state index contributed by atoms with van der Waals surface area (Å²) in [4.78, 5) is 7.94. The summed E-state index contributed by atoms with van der Waals surface area (Å²) >= 11 is 0. The molecule has 2 heterocycles. The fraction of sp³-hybridized carbons (Fsp3) is 1.00. The highest BCUT2D eigenvalue weighted by atomic mass is 16.5. The van der Waals surface area contributed by atoms with Crippen LogP contribution in [-0.4, -0.2) is 98.9 Å². The van der Waals surface area contributed by atoms with Crippen LogP contribution in [0.4, 0.5) is 0 Å². The van der Waals surface area contributed by atoms with E-state index in [4.69, 9.17) is 4.74 Å². The standard InChI is InChI=1S/C20H42N4O/c1-18(2)24-9-5-20(6-10-24)17-23-14-12-22(13-15-23)11-7-21-8-16-25-19(3)4/h18-21H,5-17H2,1-4H3. The Bertz CT molecular complexity index is 335. The number of rotatable bonds is 10. The topological polar surface area (TPSA) is 31.0 Å². The summed E-state index contributed by atoms with van der Waals surface area (Å²) in [5.74, 6) is 0.921. The minimum atomic E-state index is 0.340. The molecule has 0 aromatic carbocycles. The van der Waals surface area contributed by atoms with E-state index in [-0.39, 0.29) is 0 Å². The summed E-state index contributed by atoms with van der Waals surface area (Å²) in [5.41, 5.74) is 0. The molecule has 0 atom stereocenters. The van der Waals surface area contributed by atoms with Crippen molar-refractivity contribution in [2.24, 2.45) is 5.92 Å². The van der Waals surface area contributed by atoms with Crippen LogP contribution >= 0.6 is 0 Å². The number of likely N-dealkylation sites (tertiary alicyclic amines) is 1. The van der Waals surface area contributed by atoms with Gasteiger partial charge in [0.25, 0.3) is 0 Å². The molecule has 2 rings (SSSR count). The van der Waals surface area contributed by atoms with Crippen molar-refractivity contribution in [3.63, 3.8) is 0 Å². The summed E-state index contributed by atoms with van der Waals surface area (Å²) in [6, 6.07) is 0.718. The third-order valence-electron chi connectivity index (χ3n) is 5.70. The molecule has 1 N–H and O–H groups in total. The number of nitrogens with zero attached hydrogens (tertiary/aromatic N) is 3. The van der Waals surface area contributed by atoms with E-state index < -0.39 is 0 Å². The van der Waals surface area contributed by atoms with Crippen LogP contribution in [0.5, 0.6) is 0 Å². The minimum Gasteiger partial charge on any atom is -0.377 e. The van der Waals surface area contributed by atoms with Gasteiger partial charge >= 0.3 is 0 Å². The zero-order valence-electron chi connectivity index (χ0n) is 17.2. The highest BCUT2D eigenvalue weighted by molar-refractivity contribution is 4.79. The lowest BCUT2D eigenvalue weighted by atomic mass is 9.95. The molecular formula is C20H42N4O. The van der Waals surface area contributed by atoms with Crippen molar-refractivity contribution in [1.29, 1.82) is 0 Å². The number of piperazine rings is 1. The summed E-state index contributed by atoms with van der Waals surface area (Å²) in [6.07, 6.45) is 3.12. The zero-order valence-corrected chi connectivity index (χ0v) is 17.2. The van der Waals surface area contributed by atoms with E-state index in [1.165, 1.54) is 65.2 Å². The Hall–Kier alpha value is -0.200. The fourth-order valence-electron chi connectivity index (χ4n) is 3.94. The van der Waals surface area contributed by atoms with Gasteiger partial charge in [0.05, 0.1) is 12.7 Å². The number of hydrogen-bond donors (Lipinski definition) is 1. The van der Waals surface area contributed by atoms with Crippen LogP contribution in [0.15, 0.2) is 0 Å². The van der Waals surface area contributed by atoms with E-state index in [1.807, 2.05) is 0 Å². The maximum absolute atomic E-state index is 5.55. The summed E-state index contributed by atoms with van der Waals surface area (Å²) in [5, 5.41) is 3.49. The molecule has 2 saturated heterocycles. The molecule has 148 valence electrons. The van der Waals surface area contributed by atoms with Gasteiger partial charge in [-0.2, -0.15) is 0 Å². The Morgan fingerprint density at radius 1 is 0.880 bits per heavy atom. The van der Waals surface area contributed by atoms with Crippen molar-refractivity contribution < 1.29 is 4.74 Å². The lowest BCUT2D eigenvalue weighted by molar-refractivity contribution is 0.0777. The van der Waals surface area contributed by atoms with E-state index >= 15 is 0 Å². The molecule has 0 saturated carbocycles. The maximum atomic E-state index is 5.55. The average Bonchev–Trinajstić information content (AvgIpc) is 2.59. The Balaban J connectivity index is 1.49. The van der Waals surface area contributed by atoms with Gasteiger partial charge in [0.1, 0.15) is 0 Å². The second-order valence-electron chi connectivity index (χ2n) is 8.38. The monoisotopic (exact) mass is 354 g/mol. The summed E-state index contributed by atoms with van der Waals surface area (Å²) < 4.78 is 5.55. The molecule has 5 nitrogen and oxygen atoms in total. The Morgan fingerprint density at radius 3 is 2.12 bits per heavy atom. The number of ether oxygens (including phenoxy) is 1. The molecule has 0 spiro atoms. The highest BCUT2D eigenvalue weighted by Crippen LogP contribution is 2.20. The van der Waals surface area contributed by atoms with Crippen LogP contribution < -0.4 is 5.32 Å². The highest BCUT2D eigenvalue weighted by Gasteiger charge is 2.24. The summed E-state index contributed by atoms with van der Waals surface area (Å²) in [7, 11) is 0. The van der Waals surface area contributed by atoms with Gasteiger partial charge in [0.15, 0.2) is 0 Å². The van der Waals surface area contributed by atoms with Gasteiger partial charge in [0.2, 0.25) is 0 Å². The lowest BCUT2D eigenvalue weighted by Crippen LogP contribution is -2.50. The summed E-state index contributed by atoms with van der Waals surface area (Å²) in [6.45, 7) is 21.8. The predicted molar refractivity (Wildman–Crippen MR) is 106 cm³/mol. The Labute approximate surface area is 156 Å². The molecule has 2 aliphatic rings. The molecule has 0 aromatic heterocycles. The van der Waals surface area contributed by atoms with E-state index in [0.29, 0.717) is 6.10 Å². The van der Waals surface area contributed by atoms with Crippen molar-refractivity contribution in [3.8, 4) is 0 Å². The molecule has 0 radical (unpaired) electrons. The zero-order chi connectivity index (χ0) is 18.1. The van der Waals surface area contributed by atoms with Gasteiger partial charge in [-0.25, -0.2) is 0 Å². The maximum Gasteiger partial charge on any atom is 0.0594 e. The van der Waals surface area contributed by atoms with Gasteiger partial charge in [0, 0.05) is 58.4 Å². The van der Waals surface area contributed by atoms with Crippen molar-refractivity contribution in [1.82, 2.24) is 20.0 Å². The fourth-order valence-corrected chi connectivity index (χ4v) is 3.94. The third kappa shape index (κ3) is 8.35. The SMILES string of the molecule is CC(C)OCCNCCN1CCN(CC2CCN(C(C)C)CC2)CC1. The van der Waals surface area contributed by atoms with Gasteiger partial charge in [-0.3, -0.25) is 4.90 Å². The average molecular weight is 355 g/mol. The van der Waals surface area contributed by atoms with Crippen molar-refractivity contribution >= 4 is 0 Å². The number of nitrogens with one attached hydrogen (secondary N) is 1. The van der Waals surface area contributed by atoms with Gasteiger partial charge in [-0.05, 0) is 59.5 Å². The van der Waals surface area contributed by atoms with Crippen LogP contribution in [0, 0.1) is 5.92 Å². The molecule has 0 amide bonds. The van der Waals surface area contributed by atoms with Gasteiger partial charge in [-0.15, -0.1) is 0 Å². The predicted octanol–water partition coefficient (Wildman–Crippen LogP) is 1.74. The van der Waals surface area contributed by atoms with Crippen LogP contribution in [0.3, 0.4) is 0 Å². The number of piperidine rings is 1. The lowest BCUT2D eigenvalue weighted by Gasteiger charge is -2.39. The van der Waals surface area contributed by atoms with Crippen molar-refractivity contribution in [2.75, 3.05) is 72.1 Å². The largest absolute Gasteiger partial charge is 0.377 e. The van der Waals surface area contributed by atoms with Crippen molar-refractivity contribution in [2.45, 2.75) is 52.7 Å². The van der Waals surface area contributed by atoms with E-state index in [2.05, 4.69) is 47.7 Å². The molecule has 0 aromatic rings. The van der Waals surface area contributed by atoms with E-state index in [1.54, 1.807) is 0 Å². The van der Waals surface area contributed by atoms with Crippen LogP contribution in [0.25, 0.3) is 0 Å². The molecular weight excluding hydrogens is 312 g/mol. The van der Waals surface area contributed by atoms with Crippen LogP contribution in [-0.2, 0) is 4.74 Å². The molecule has 5 heteroatoms. The Morgan fingerprint density at radius 2 is 1.52 bits per heavy atom. The van der Waals surface area contributed by atoms with E-state index in [0.717, 1.165) is 31.7 Å². The second kappa shape index (κ2) is 11.5. The van der Waals surface area contributed by atoms with Gasteiger partial charge in [-0.1, -0.05) is 0 Å². The third-order valence-corrected chi connectivity index (χ3v) is 5.70. The molecule has 2 fully saturated rings. The second-order valence-corrected chi connectivity index (χ2v) is 8.38.